The molecule has 0 heterocycles. The highest BCUT2D eigenvalue weighted by Gasteiger charge is 2.06. The highest BCUT2D eigenvalue weighted by atomic mass is 32.2. The van der Waals surface area contributed by atoms with Crippen molar-refractivity contribution < 1.29 is 13.2 Å². The summed E-state index contributed by atoms with van der Waals surface area (Å²) >= 11 is 0. The van der Waals surface area contributed by atoms with Crippen LogP contribution in [0, 0.1) is 0 Å². The van der Waals surface area contributed by atoms with E-state index in [0.717, 1.165) is 11.5 Å². The molecule has 1 N–H and O–H groups in total. The fraction of sp³-hybridized carbons (Fsp3) is 0.0833. The molecule has 0 aliphatic heterocycles. The molecule has 0 atom stereocenters. The fourth-order valence-corrected chi connectivity index (χ4v) is 1.94. The average molecular weight is 251 g/mol. The number of hydrogen-bond acceptors (Lipinski definition) is 3. The summed E-state index contributed by atoms with van der Waals surface area (Å²) in [6.07, 6.45) is 1.16. The lowest BCUT2D eigenvalue weighted by Crippen LogP contribution is -2.07. The van der Waals surface area contributed by atoms with Gasteiger partial charge < -0.3 is 5.32 Å². The lowest BCUT2D eigenvalue weighted by molar-refractivity contribution is -0.111. The number of carbonyl (C=O) groups excluding carboxylic acids is 1. The Balaban J connectivity index is 2.78. The van der Waals surface area contributed by atoms with Crippen molar-refractivity contribution in [2.45, 2.75) is 5.75 Å². The van der Waals surface area contributed by atoms with Crippen molar-refractivity contribution in [2.75, 3.05) is 5.32 Å². The first kappa shape index (κ1) is 13.2. The van der Waals surface area contributed by atoms with E-state index < -0.39 is 9.84 Å². The van der Waals surface area contributed by atoms with Gasteiger partial charge in [0.2, 0.25) is 5.91 Å². The summed E-state index contributed by atoms with van der Waals surface area (Å²) in [5.74, 6) is -0.400. The molecule has 1 rings (SSSR count). The molecule has 1 aromatic rings. The summed E-state index contributed by atoms with van der Waals surface area (Å²) in [5, 5.41) is 3.50. The lowest BCUT2D eigenvalue weighted by Gasteiger charge is -2.04. The number of carbonyl (C=O) groups is 1. The third-order valence-electron chi connectivity index (χ3n) is 2.03. The maximum Gasteiger partial charge on any atom is 0.247 e. The van der Waals surface area contributed by atoms with Gasteiger partial charge in [-0.1, -0.05) is 25.3 Å². The Bertz CT molecular complexity index is 529. The molecule has 1 amide bonds. The Kier molecular flexibility index (Phi) is 4.23. The lowest BCUT2D eigenvalue weighted by atomic mass is 10.2. The summed E-state index contributed by atoms with van der Waals surface area (Å²) in [6, 6.07) is 6.55. The van der Waals surface area contributed by atoms with E-state index in [1.807, 2.05) is 0 Å². The van der Waals surface area contributed by atoms with Gasteiger partial charge in [-0.2, -0.15) is 0 Å². The minimum Gasteiger partial charge on any atom is -0.323 e. The highest BCUT2D eigenvalue weighted by Crippen LogP contribution is 2.12. The van der Waals surface area contributed by atoms with Crippen LogP contribution < -0.4 is 5.32 Å². The summed E-state index contributed by atoms with van der Waals surface area (Å²) in [4.78, 5) is 11.0. The van der Waals surface area contributed by atoms with Crippen molar-refractivity contribution in [3.63, 3.8) is 0 Å². The first-order chi connectivity index (χ1) is 7.96. The van der Waals surface area contributed by atoms with E-state index in [0.29, 0.717) is 11.3 Å². The van der Waals surface area contributed by atoms with Crippen molar-refractivity contribution >= 4 is 21.4 Å². The van der Waals surface area contributed by atoms with E-state index >= 15 is 0 Å². The average Bonchev–Trinajstić information content (AvgIpc) is 2.31. The molecule has 0 aromatic heterocycles. The zero-order chi connectivity index (χ0) is 12.9. The smallest absolute Gasteiger partial charge is 0.247 e. The van der Waals surface area contributed by atoms with E-state index in [1.54, 1.807) is 24.3 Å². The van der Waals surface area contributed by atoms with Crippen molar-refractivity contribution in [1.29, 1.82) is 0 Å². The number of anilines is 1. The Hall–Kier alpha value is -1.88. The number of rotatable bonds is 5. The van der Waals surface area contributed by atoms with Gasteiger partial charge in [0.15, 0.2) is 9.84 Å². The highest BCUT2D eigenvalue weighted by molar-refractivity contribution is 7.93. The fourth-order valence-electron chi connectivity index (χ4n) is 1.17. The van der Waals surface area contributed by atoms with Gasteiger partial charge in [-0.15, -0.1) is 0 Å². The molecule has 0 radical (unpaired) electrons. The normalized spacial score (nSPS) is 10.6. The Morgan fingerprint density at radius 3 is 2.29 bits per heavy atom. The van der Waals surface area contributed by atoms with Crippen molar-refractivity contribution in [1.82, 2.24) is 0 Å². The van der Waals surface area contributed by atoms with Gasteiger partial charge in [0.05, 0.1) is 5.75 Å². The van der Waals surface area contributed by atoms with Crippen LogP contribution in [0.1, 0.15) is 5.56 Å². The van der Waals surface area contributed by atoms with Crippen LogP contribution in [-0.4, -0.2) is 14.3 Å². The summed E-state index contributed by atoms with van der Waals surface area (Å²) in [6.45, 7) is 6.57. The molecule has 90 valence electrons. The largest absolute Gasteiger partial charge is 0.323 e. The molecule has 1 aromatic carbocycles. The van der Waals surface area contributed by atoms with Gasteiger partial charge in [0.25, 0.3) is 0 Å². The SMILES string of the molecule is C=CC(=O)Nc1ccc(CS(=O)(=O)C=C)cc1. The number of nitrogens with one attached hydrogen (secondary N) is 1. The molecule has 0 aliphatic rings. The molecule has 0 unspecified atom stereocenters. The van der Waals surface area contributed by atoms with E-state index in [-0.39, 0.29) is 11.7 Å². The summed E-state index contributed by atoms with van der Waals surface area (Å²) in [7, 11) is -3.25. The second-order valence-electron chi connectivity index (χ2n) is 3.36. The topological polar surface area (TPSA) is 63.2 Å². The maximum absolute atomic E-state index is 11.3. The molecule has 0 bridgehead atoms. The zero-order valence-electron chi connectivity index (χ0n) is 9.22. The van der Waals surface area contributed by atoms with Crippen LogP contribution in [0.2, 0.25) is 0 Å². The molecule has 0 saturated carbocycles. The summed E-state index contributed by atoms with van der Waals surface area (Å²) in [5.41, 5.74) is 1.23. The van der Waals surface area contributed by atoms with Crippen LogP contribution in [-0.2, 0) is 20.4 Å². The third kappa shape index (κ3) is 4.24. The van der Waals surface area contributed by atoms with Gasteiger partial charge in [-0.05, 0) is 23.8 Å². The Labute approximate surface area is 101 Å². The van der Waals surface area contributed by atoms with Crippen LogP contribution in [0.5, 0.6) is 0 Å². The molecular weight excluding hydrogens is 238 g/mol. The van der Waals surface area contributed by atoms with E-state index in [9.17, 15) is 13.2 Å². The number of amides is 1. The van der Waals surface area contributed by atoms with Gasteiger partial charge in [-0.3, -0.25) is 4.79 Å². The monoisotopic (exact) mass is 251 g/mol. The Morgan fingerprint density at radius 1 is 1.24 bits per heavy atom. The van der Waals surface area contributed by atoms with Crippen LogP contribution in [0.4, 0.5) is 5.69 Å². The standard InChI is InChI=1S/C12H13NO3S/c1-3-12(14)13-11-7-5-10(6-8-11)9-17(15,16)4-2/h3-8H,1-2,9H2,(H,13,14). The number of hydrogen-bond donors (Lipinski definition) is 1. The molecule has 0 aliphatic carbocycles. The van der Waals surface area contributed by atoms with Crippen LogP contribution in [0.15, 0.2) is 48.9 Å². The van der Waals surface area contributed by atoms with E-state index in [1.165, 1.54) is 0 Å². The molecule has 0 spiro atoms. The van der Waals surface area contributed by atoms with Gasteiger partial charge in [-0.25, -0.2) is 8.42 Å². The van der Waals surface area contributed by atoms with Gasteiger partial charge in [0, 0.05) is 11.1 Å². The minimum atomic E-state index is -3.25. The maximum atomic E-state index is 11.3. The molecule has 17 heavy (non-hydrogen) atoms. The zero-order valence-corrected chi connectivity index (χ0v) is 10.0. The number of sulfone groups is 1. The minimum absolute atomic E-state index is 0.0911. The van der Waals surface area contributed by atoms with Gasteiger partial charge >= 0.3 is 0 Å². The quantitative estimate of drug-likeness (QED) is 0.812. The molecule has 5 heteroatoms. The van der Waals surface area contributed by atoms with Crippen LogP contribution in [0.25, 0.3) is 0 Å². The van der Waals surface area contributed by atoms with Gasteiger partial charge in [0.1, 0.15) is 0 Å². The predicted octanol–water partition coefficient (Wildman–Crippen LogP) is 1.87. The molecule has 4 nitrogen and oxygen atoms in total. The van der Waals surface area contributed by atoms with Crippen LogP contribution in [0.3, 0.4) is 0 Å². The Morgan fingerprint density at radius 2 is 1.82 bits per heavy atom. The van der Waals surface area contributed by atoms with E-state index in [2.05, 4.69) is 18.5 Å². The van der Waals surface area contributed by atoms with Crippen molar-refractivity contribution in [2.24, 2.45) is 0 Å². The third-order valence-corrected chi connectivity index (χ3v) is 3.27. The van der Waals surface area contributed by atoms with E-state index in [4.69, 9.17) is 0 Å². The predicted molar refractivity (Wildman–Crippen MR) is 68.1 cm³/mol. The first-order valence-electron chi connectivity index (χ1n) is 4.84. The second kappa shape index (κ2) is 5.45. The summed E-state index contributed by atoms with van der Waals surface area (Å²) < 4.78 is 22.6. The second-order valence-corrected chi connectivity index (χ2v) is 5.31. The first-order valence-corrected chi connectivity index (χ1v) is 6.56. The van der Waals surface area contributed by atoms with Crippen LogP contribution >= 0.6 is 0 Å². The number of benzene rings is 1. The van der Waals surface area contributed by atoms with Crippen molar-refractivity contribution in [3.8, 4) is 0 Å². The molecular formula is C12H13NO3S. The molecule has 0 fully saturated rings. The molecule has 0 saturated heterocycles. The van der Waals surface area contributed by atoms with Crippen molar-refractivity contribution in [3.05, 3.63) is 54.5 Å².